The third kappa shape index (κ3) is 4.41. The Morgan fingerprint density at radius 2 is 1.61 bits per heavy atom. The first kappa shape index (κ1) is 16.7. The van der Waals surface area contributed by atoms with Gasteiger partial charge >= 0.3 is 0 Å². The molecule has 1 atom stereocenters. The summed E-state index contributed by atoms with van der Waals surface area (Å²) in [5.74, 6) is -0.454. The van der Waals surface area contributed by atoms with Crippen LogP contribution in [0.1, 0.15) is 24.0 Å². The zero-order valence-corrected chi connectivity index (χ0v) is 12.9. The highest BCUT2D eigenvalue weighted by Crippen LogP contribution is 2.30. The molecule has 2 aromatic rings. The first-order chi connectivity index (χ1) is 11.0. The predicted octanol–water partition coefficient (Wildman–Crippen LogP) is 4.01. The quantitative estimate of drug-likeness (QED) is 0.461. The van der Waals surface area contributed by atoms with E-state index in [1.807, 2.05) is 24.3 Å². The van der Waals surface area contributed by atoms with Gasteiger partial charge in [-0.15, -0.1) is 6.58 Å². The molecule has 23 heavy (non-hydrogen) atoms. The third-order valence-electron chi connectivity index (χ3n) is 3.63. The second-order valence-electron chi connectivity index (χ2n) is 5.43. The zero-order chi connectivity index (χ0) is 16.7. The molecule has 0 aliphatic heterocycles. The van der Waals surface area contributed by atoms with E-state index in [9.17, 15) is 15.0 Å². The van der Waals surface area contributed by atoms with Crippen LogP contribution in [0.25, 0.3) is 5.76 Å². The Kier molecular flexibility index (Phi) is 5.50. The van der Waals surface area contributed by atoms with Gasteiger partial charge in [0, 0.05) is 18.1 Å². The van der Waals surface area contributed by atoms with E-state index >= 15 is 0 Å². The molecule has 0 aliphatic rings. The largest absolute Gasteiger partial charge is 0.507 e. The van der Waals surface area contributed by atoms with Crippen molar-refractivity contribution in [3.05, 3.63) is 90.5 Å². The number of rotatable bonds is 7. The van der Waals surface area contributed by atoms with Gasteiger partial charge in [-0.3, -0.25) is 4.79 Å². The molecular weight excluding hydrogens is 288 g/mol. The summed E-state index contributed by atoms with van der Waals surface area (Å²) in [4.78, 5) is 12.3. The van der Waals surface area contributed by atoms with Gasteiger partial charge in [-0.1, -0.05) is 66.7 Å². The van der Waals surface area contributed by atoms with Crippen molar-refractivity contribution < 1.29 is 15.0 Å². The van der Waals surface area contributed by atoms with Crippen molar-refractivity contribution in [3.63, 3.8) is 0 Å². The lowest BCUT2D eigenvalue weighted by atomic mass is 9.85. The molecule has 2 aromatic carbocycles. The topological polar surface area (TPSA) is 57.5 Å². The smallest absolute Gasteiger partial charge is 0.162 e. The maximum absolute atomic E-state index is 12.3. The summed E-state index contributed by atoms with van der Waals surface area (Å²) in [5.41, 5.74) is -0.109. The second kappa shape index (κ2) is 7.56. The summed E-state index contributed by atoms with van der Waals surface area (Å²) in [6.45, 7) is 3.65. The second-order valence-corrected chi connectivity index (χ2v) is 5.43. The van der Waals surface area contributed by atoms with E-state index in [1.165, 1.54) is 0 Å². The normalized spacial score (nSPS) is 14.0. The Morgan fingerprint density at radius 3 is 2.17 bits per heavy atom. The molecule has 0 saturated carbocycles. The summed E-state index contributed by atoms with van der Waals surface area (Å²) in [6, 6.07) is 17.8. The van der Waals surface area contributed by atoms with Crippen LogP contribution in [0.2, 0.25) is 0 Å². The van der Waals surface area contributed by atoms with Crippen molar-refractivity contribution in [1.29, 1.82) is 0 Å². The number of carbonyl (C=O) groups excluding carboxylic acids is 1. The first-order valence-electron chi connectivity index (χ1n) is 7.43. The number of benzene rings is 2. The predicted molar refractivity (Wildman–Crippen MR) is 91.8 cm³/mol. The molecule has 0 radical (unpaired) electrons. The molecule has 1 unspecified atom stereocenters. The number of allylic oxidation sites excluding steroid dienone is 1. The average Bonchev–Trinajstić information content (AvgIpc) is 2.56. The van der Waals surface area contributed by atoms with Crippen LogP contribution >= 0.6 is 0 Å². The zero-order valence-electron chi connectivity index (χ0n) is 12.9. The lowest BCUT2D eigenvalue weighted by Gasteiger charge is -2.26. The Morgan fingerprint density at radius 1 is 1.04 bits per heavy atom. The van der Waals surface area contributed by atoms with Crippen LogP contribution < -0.4 is 0 Å². The summed E-state index contributed by atoms with van der Waals surface area (Å²) < 4.78 is 0. The number of aliphatic hydroxyl groups is 2. The van der Waals surface area contributed by atoms with Gasteiger partial charge in [-0.05, 0) is 12.0 Å². The average molecular weight is 308 g/mol. The molecular formula is C20H20O3. The molecule has 0 spiro atoms. The number of carbonyl (C=O) groups is 1. The van der Waals surface area contributed by atoms with Crippen LogP contribution in [0.5, 0.6) is 0 Å². The minimum atomic E-state index is -1.33. The summed E-state index contributed by atoms with van der Waals surface area (Å²) >= 11 is 0. The van der Waals surface area contributed by atoms with E-state index in [-0.39, 0.29) is 24.4 Å². The van der Waals surface area contributed by atoms with Crippen LogP contribution in [0.3, 0.4) is 0 Å². The minimum absolute atomic E-state index is 0.107. The Balaban J connectivity index is 2.20. The Labute approximate surface area is 136 Å². The fourth-order valence-electron chi connectivity index (χ4n) is 2.46. The maximum Gasteiger partial charge on any atom is 0.162 e. The van der Waals surface area contributed by atoms with Gasteiger partial charge in [-0.25, -0.2) is 0 Å². The van der Waals surface area contributed by atoms with Gasteiger partial charge in [0.2, 0.25) is 0 Å². The minimum Gasteiger partial charge on any atom is -0.507 e. The van der Waals surface area contributed by atoms with Gasteiger partial charge in [-0.2, -0.15) is 0 Å². The van der Waals surface area contributed by atoms with E-state index < -0.39 is 5.60 Å². The van der Waals surface area contributed by atoms with Crippen molar-refractivity contribution in [2.75, 3.05) is 0 Å². The van der Waals surface area contributed by atoms with Crippen LogP contribution in [0.15, 0.2) is 79.4 Å². The molecule has 3 heteroatoms. The molecule has 2 N–H and O–H groups in total. The van der Waals surface area contributed by atoms with Gasteiger partial charge in [0.15, 0.2) is 5.78 Å². The number of aliphatic hydroxyl groups excluding tert-OH is 1. The van der Waals surface area contributed by atoms with E-state index in [0.29, 0.717) is 11.1 Å². The van der Waals surface area contributed by atoms with Gasteiger partial charge < -0.3 is 10.2 Å². The standard InChI is InChI=1S/C20H20O3/c1-2-13-20(23,17-11-7-4-8-12-17)15-18(21)14-19(22)16-9-5-3-6-10-16/h2-12,14,22-23H,1,13,15H2/b19-14-. The molecule has 0 aromatic heterocycles. The van der Waals surface area contributed by atoms with Crippen LogP contribution in [0, 0.1) is 0 Å². The van der Waals surface area contributed by atoms with Crippen molar-refractivity contribution >= 4 is 11.5 Å². The SMILES string of the molecule is C=CCC(O)(CC(=O)/C=C(\O)c1ccccc1)c1ccccc1. The van der Waals surface area contributed by atoms with E-state index in [0.717, 1.165) is 6.08 Å². The van der Waals surface area contributed by atoms with Gasteiger partial charge in [0.05, 0.1) is 0 Å². The molecule has 0 heterocycles. The van der Waals surface area contributed by atoms with E-state index in [2.05, 4.69) is 6.58 Å². The fraction of sp³-hybridized carbons (Fsp3) is 0.150. The summed E-state index contributed by atoms with van der Waals surface area (Å²) in [5, 5.41) is 20.9. The fourth-order valence-corrected chi connectivity index (χ4v) is 2.46. The van der Waals surface area contributed by atoms with Crippen LogP contribution in [-0.4, -0.2) is 16.0 Å². The highest BCUT2D eigenvalue weighted by atomic mass is 16.3. The van der Waals surface area contributed by atoms with E-state index in [1.54, 1.807) is 42.5 Å². The molecule has 0 saturated heterocycles. The van der Waals surface area contributed by atoms with E-state index in [4.69, 9.17) is 0 Å². The third-order valence-corrected chi connectivity index (χ3v) is 3.63. The number of hydrogen-bond donors (Lipinski definition) is 2. The number of ketones is 1. The molecule has 0 amide bonds. The van der Waals surface area contributed by atoms with Crippen LogP contribution in [0.4, 0.5) is 0 Å². The Bertz CT molecular complexity index is 689. The van der Waals surface area contributed by atoms with Gasteiger partial charge in [0.25, 0.3) is 0 Å². The van der Waals surface area contributed by atoms with Crippen molar-refractivity contribution in [3.8, 4) is 0 Å². The molecule has 0 bridgehead atoms. The summed E-state index contributed by atoms with van der Waals surface area (Å²) in [6.07, 6.45) is 2.87. The molecule has 118 valence electrons. The first-order valence-corrected chi connectivity index (χ1v) is 7.43. The molecule has 3 nitrogen and oxygen atoms in total. The highest BCUT2D eigenvalue weighted by molar-refractivity contribution is 5.96. The number of hydrogen-bond acceptors (Lipinski definition) is 3. The van der Waals surface area contributed by atoms with Crippen molar-refractivity contribution in [1.82, 2.24) is 0 Å². The van der Waals surface area contributed by atoms with Crippen LogP contribution in [-0.2, 0) is 10.4 Å². The van der Waals surface area contributed by atoms with Gasteiger partial charge in [0.1, 0.15) is 11.4 Å². The lowest BCUT2D eigenvalue weighted by Crippen LogP contribution is -2.28. The highest BCUT2D eigenvalue weighted by Gasteiger charge is 2.30. The molecule has 2 rings (SSSR count). The maximum atomic E-state index is 12.3. The molecule has 0 aliphatic carbocycles. The van der Waals surface area contributed by atoms with Crippen molar-refractivity contribution in [2.45, 2.75) is 18.4 Å². The van der Waals surface area contributed by atoms with Crippen molar-refractivity contribution in [2.24, 2.45) is 0 Å². The summed E-state index contributed by atoms with van der Waals surface area (Å²) in [7, 11) is 0. The monoisotopic (exact) mass is 308 g/mol. The lowest BCUT2D eigenvalue weighted by molar-refractivity contribution is -0.119. The molecule has 0 fully saturated rings. The Hall–Kier alpha value is -2.65.